The smallest absolute Gasteiger partial charge is 0.241 e. The van der Waals surface area contributed by atoms with Crippen molar-refractivity contribution in [3.63, 3.8) is 0 Å². The molecule has 0 saturated heterocycles. The Bertz CT molecular complexity index is 438. The molecule has 1 atom stereocenters. The fourth-order valence-corrected chi connectivity index (χ4v) is 1.40. The number of anilines is 1. The van der Waals surface area contributed by atoms with Gasteiger partial charge in [0.15, 0.2) is 11.6 Å². The van der Waals surface area contributed by atoms with Crippen LogP contribution in [0, 0.1) is 17.5 Å². The second kappa shape index (κ2) is 6.39. The molecule has 1 rings (SSSR count). The van der Waals surface area contributed by atoms with Crippen LogP contribution in [0.2, 0.25) is 0 Å². The lowest BCUT2D eigenvalue weighted by Crippen LogP contribution is -2.35. The van der Waals surface area contributed by atoms with Gasteiger partial charge in [0.25, 0.3) is 0 Å². The molecule has 0 aromatic heterocycles. The highest BCUT2D eigenvalue weighted by Crippen LogP contribution is 2.18. The lowest BCUT2D eigenvalue weighted by Gasteiger charge is -2.12. The molecule has 0 unspecified atom stereocenters. The molecule has 0 saturated carbocycles. The van der Waals surface area contributed by atoms with Gasteiger partial charge in [-0.25, -0.2) is 13.2 Å². The molecule has 0 bridgehead atoms. The van der Waals surface area contributed by atoms with Crippen LogP contribution in [0.5, 0.6) is 0 Å². The molecule has 1 aromatic rings. The van der Waals surface area contributed by atoms with Crippen LogP contribution < -0.4 is 11.1 Å². The third-order valence-electron chi connectivity index (χ3n) is 2.47. The second-order valence-corrected chi connectivity index (χ2v) is 3.98. The van der Waals surface area contributed by atoms with Gasteiger partial charge in [0, 0.05) is 12.1 Å². The number of carbonyl (C=O) groups is 1. The highest BCUT2D eigenvalue weighted by Gasteiger charge is 2.16. The van der Waals surface area contributed by atoms with E-state index in [9.17, 15) is 18.0 Å². The number of nitrogens with two attached hydrogens (primary N) is 1. The third-order valence-corrected chi connectivity index (χ3v) is 2.47. The number of benzene rings is 1. The van der Waals surface area contributed by atoms with Crippen molar-refractivity contribution in [1.82, 2.24) is 0 Å². The van der Waals surface area contributed by atoms with Crippen molar-refractivity contribution in [3.05, 3.63) is 29.6 Å². The van der Waals surface area contributed by atoms with E-state index in [-0.39, 0.29) is 0 Å². The van der Waals surface area contributed by atoms with E-state index in [1.54, 1.807) is 0 Å². The van der Waals surface area contributed by atoms with E-state index in [2.05, 4.69) is 5.32 Å². The molecule has 1 amide bonds. The predicted octanol–water partition coefficient (Wildman–Crippen LogP) is 2.56. The number of rotatable bonds is 5. The molecule has 0 fully saturated rings. The van der Waals surface area contributed by atoms with Crippen LogP contribution in [0.3, 0.4) is 0 Å². The topological polar surface area (TPSA) is 55.1 Å². The Morgan fingerprint density at radius 2 is 1.89 bits per heavy atom. The Labute approximate surface area is 103 Å². The summed E-state index contributed by atoms with van der Waals surface area (Å²) in [6.45, 7) is 1.94. The second-order valence-electron chi connectivity index (χ2n) is 3.98. The lowest BCUT2D eigenvalue weighted by molar-refractivity contribution is -0.117. The maximum Gasteiger partial charge on any atom is 0.241 e. The Morgan fingerprint density at radius 3 is 2.50 bits per heavy atom. The van der Waals surface area contributed by atoms with Gasteiger partial charge in [-0.1, -0.05) is 19.8 Å². The molecule has 0 radical (unpaired) electrons. The van der Waals surface area contributed by atoms with Crippen LogP contribution in [0.25, 0.3) is 0 Å². The number of nitrogens with one attached hydrogen (secondary N) is 1. The zero-order chi connectivity index (χ0) is 13.7. The van der Waals surface area contributed by atoms with Crippen molar-refractivity contribution >= 4 is 11.6 Å². The molecule has 3 nitrogen and oxygen atoms in total. The van der Waals surface area contributed by atoms with Crippen LogP contribution in [0.1, 0.15) is 26.2 Å². The highest BCUT2D eigenvalue weighted by atomic mass is 19.2. The first-order valence-electron chi connectivity index (χ1n) is 5.66. The van der Waals surface area contributed by atoms with E-state index in [0.29, 0.717) is 18.6 Å². The minimum absolute atomic E-state index is 0.377. The van der Waals surface area contributed by atoms with Crippen molar-refractivity contribution in [2.45, 2.75) is 32.2 Å². The molecule has 0 aliphatic carbocycles. The van der Waals surface area contributed by atoms with Crippen molar-refractivity contribution in [1.29, 1.82) is 0 Å². The molecule has 0 spiro atoms. The maximum atomic E-state index is 13.2. The summed E-state index contributed by atoms with van der Waals surface area (Å²) in [5, 5.41) is 2.14. The molecule has 100 valence electrons. The van der Waals surface area contributed by atoms with Crippen LogP contribution in [0.4, 0.5) is 18.9 Å². The summed E-state index contributed by atoms with van der Waals surface area (Å²) in [5.74, 6) is -4.19. The van der Waals surface area contributed by atoms with Gasteiger partial charge in [-0.3, -0.25) is 4.79 Å². The Hall–Kier alpha value is -1.56. The lowest BCUT2D eigenvalue weighted by atomic mass is 10.1. The Morgan fingerprint density at radius 1 is 1.28 bits per heavy atom. The molecule has 1 aromatic carbocycles. The maximum absolute atomic E-state index is 13.2. The minimum Gasteiger partial charge on any atom is -0.322 e. The summed E-state index contributed by atoms with van der Waals surface area (Å²) in [6.07, 6.45) is 2.09. The number of hydrogen-bond acceptors (Lipinski definition) is 2. The summed E-state index contributed by atoms with van der Waals surface area (Å²) < 4.78 is 38.8. The van der Waals surface area contributed by atoms with E-state index in [4.69, 9.17) is 5.73 Å². The van der Waals surface area contributed by atoms with Crippen LogP contribution >= 0.6 is 0 Å². The Balaban J connectivity index is 2.72. The van der Waals surface area contributed by atoms with E-state index < -0.39 is 35.1 Å². The van der Waals surface area contributed by atoms with E-state index >= 15 is 0 Å². The standard InChI is InChI=1S/C12H15F3N2O/c1-2-3-4-10(16)12(18)17-11-6-8(14)7(13)5-9(11)15/h5-6,10H,2-4,16H2,1H3,(H,17,18)/t10-/m0/s1. The van der Waals surface area contributed by atoms with Crippen LogP contribution in [-0.2, 0) is 4.79 Å². The molecular weight excluding hydrogens is 245 g/mol. The first-order chi connectivity index (χ1) is 8.45. The monoisotopic (exact) mass is 260 g/mol. The van der Waals surface area contributed by atoms with E-state index in [1.807, 2.05) is 6.92 Å². The fraction of sp³-hybridized carbons (Fsp3) is 0.417. The van der Waals surface area contributed by atoms with Gasteiger partial charge in [-0.15, -0.1) is 0 Å². The van der Waals surface area contributed by atoms with Crippen molar-refractivity contribution in [2.24, 2.45) is 5.73 Å². The van der Waals surface area contributed by atoms with Crippen LogP contribution in [-0.4, -0.2) is 11.9 Å². The molecule has 0 aliphatic rings. The summed E-state index contributed by atoms with van der Waals surface area (Å²) in [4.78, 5) is 11.5. The SMILES string of the molecule is CCCC[C@H](N)C(=O)Nc1cc(F)c(F)cc1F. The zero-order valence-electron chi connectivity index (χ0n) is 9.97. The van der Waals surface area contributed by atoms with Crippen LogP contribution in [0.15, 0.2) is 12.1 Å². The van der Waals surface area contributed by atoms with Crippen molar-refractivity contribution in [3.8, 4) is 0 Å². The molecule has 6 heteroatoms. The number of carbonyl (C=O) groups excluding carboxylic acids is 1. The molecular formula is C12H15F3N2O. The van der Waals surface area contributed by atoms with E-state index in [0.717, 1.165) is 12.8 Å². The van der Waals surface area contributed by atoms with Gasteiger partial charge < -0.3 is 11.1 Å². The van der Waals surface area contributed by atoms with Gasteiger partial charge in [-0.2, -0.15) is 0 Å². The van der Waals surface area contributed by atoms with Gasteiger partial charge >= 0.3 is 0 Å². The summed E-state index contributed by atoms with van der Waals surface area (Å²) in [6, 6.07) is 0.176. The number of halogens is 3. The average molecular weight is 260 g/mol. The molecule has 0 heterocycles. The normalized spacial score (nSPS) is 12.3. The van der Waals surface area contributed by atoms with E-state index in [1.165, 1.54) is 0 Å². The number of hydrogen-bond donors (Lipinski definition) is 2. The summed E-state index contributed by atoms with van der Waals surface area (Å²) >= 11 is 0. The van der Waals surface area contributed by atoms with Gasteiger partial charge in [-0.05, 0) is 6.42 Å². The molecule has 3 N–H and O–H groups in total. The van der Waals surface area contributed by atoms with Gasteiger partial charge in [0.05, 0.1) is 11.7 Å². The quantitative estimate of drug-likeness (QED) is 0.799. The van der Waals surface area contributed by atoms with Crippen molar-refractivity contribution in [2.75, 3.05) is 5.32 Å². The Kier molecular flexibility index (Phi) is 5.15. The fourth-order valence-electron chi connectivity index (χ4n) is 1.40. The molecule has 0 aliphatic heterocycles. The van der Waals surface area contributed by atoms with Crippen molar-refractivity contribution < 1.29 is 18.0 Å². The summed E-state index contributed by atoms with van der Waals surface area (Å²) in [5.41, 5.74) is 5.16. The van der Waals surface area contributed by atoms with Gasteiger partial charge in [0.1, 0.15) is 5.82 Å². The number of amides is 1. The predicted molar refractivity (Wildman–Crippen MR) is 62.4 cm³/mol. The first kappa shape index (κ1) is 14.5. The first-order valence-corrected chi connectivity index (χ1v) is 5.66. The average Bonchev–Trinajstić information content (AvgIpc) is 2.32. The molecule has 18 heavy (non-hydrogen) atoms. The number of unbranched alkanes of at least 4 members (excludes halogenated alkanes) is 1. The zero-order valence-corrected chi connectivity index (χ0v) is 9.97. The minimum atomic E-state index is -1.30. The van der Waals surface area contributed by atoms with Gasteiger partial charge in [0.2, 0.25) is 5.91 Å². The third kappa shape index (κ3) is 3.73. The largest absolute Gasteiger partial charge is 0.322 e. The summed E-state index contributed by atoms with van der Waals surface area (Å²) in [7, 11) is 0. The highest BCUT2D eigenvalue weighted by molar-refractivity contribution is 5.94.